The number of aliphatic imine (C=N–C) groups is 1. The van der Waals surface area contributed by atoms with Gasteiger partial charge < -0.3 is 50.7 Å². The molecule has 84 heavy (non-hydrogen) atoms. The van der Waals surface area contributed by atoms with Crippen molar-refractivity contribution in [2.24, 2.45) is 16.5 Å². The molecule has 0 saturated carbocycles. The zero-order chi connectivity index (χ0) is 58.3. The predicted molar refractivity (Wildman–Crippen MR) is 308 cm³/mol. The van der Waals surface area contributed by atoms with E-state index in [1.54, 1.807) is 24.8 Å². The van der Waals surface area contributed by atoms with Gasteiger partial charge in [0.2, 0.25) is 29.5 Å². The Hall–Kier alpha value is -8.58. The summed E-state index contributed by atoms with van der Waals surface area (Å²) in [4.78, 5) is 98.3. The molecule has 0 aliphatic carbocycles. The van der Waals surface area contributed by atoms with Crippen LogP contribution in [0.1, 0.15) is 167 Å². The summed E-state index contributed by atoms with van der Waals surface area (Å²) < 4.78 is 24.1. The first kappa shape index (κ1) is 60.0. The first-order valence-corrected chi connectivity index (χ1v) is 28.9. The topological polar surface area (TPSA) is 326 Å². The van der Waals surface area contributed by atoms with E-state index >= 15 is 0 Å². The van der Waals surface area contributed by atoms with E-state index < -0.39 is 53.8 Å². The number of fused-ring (bicyclic) bond motifs is 7. The first-order chi connectivity index (χ1) is 41.2. The minimum absolute atomic E-state index is 0.0446. The molecule has 442 valence electrons. The molecule has 0 saturated heterocycles. The van der Waals surface area contributed by atoms with Crippen LogP contribution in [0.5, 0.6) is 0 Å². The molecule has 5 atom stereocenters. The van der Waals surface area contributed by atoms with Crippen LogP contribution in [0.2, 0.25) is 0 Å². The number of nitrogens with zero attached hydrogens (tertiary/aromatic N) is 10. The van der Waals surface area contributed by atoms with Crippen LogP contribution in [0, 0.1) is 0 Å². The molecule has 9 rings (SSSR count). The molecule has 9 heterocycles. The van der Waals surface area contributed by atoms with Gasteiger partial charge in [-0.25, -0.2) is 19.9 Å². The molecule has 4 amide bonds. The van der Waals surface area contributed by atoms with Crippen molar-refractivity contribution in [3.8, 4) is 0 Å². The molecule has 2 aliphatic rings. The predicted octanol–water partition coefficient (Wildman–Crippen LogP) is 6.24. The summed E-state index contributed by atoms with van der Waals surface area (Å²) in [5.41, 5.74) is 15.3. The van der Waals surface area contributed by atoms with Gasteiger partial charge in [-0.3, -0.25) is 48.9 Å². The van der Waals surface area contributed by atoms with Crippen LogP contribution in [0.4, 0.5) is 0 Å². The Morgan fingerprint density at radius 3 is 1.18 bits per heavy atom. The average molecular weight is 1150 g/mol. The Labute approximate surface area is 487 Å². The molecular formula is C60H74N16O8. The third-order valence-corrected chi connectivity index (χ3v) is 14.4. The fourth-order valence-electron chi connectivity index (χ4n) is 10.0. The monoisotopic (exact) mass is 1150 g/mol. The minimum Gasteiger partial charge on any atom is -0.477 e. The first-order valence-electron chi connectivity index (χ1n) is 28.9. The molecule has 24 heteroatoms. The van der Waals surface area contributed by atoms with Crippen molar-refractivity contribution in [2.45, 2.75) is 133 Å². The van der Waals surface area contributed by atoms with Crippen LogP contribution in [-0.2, 0) is 35.7 Å². The third-order valence-electron chi connectivity index (χ3n) is 14.4. The number of ether oxygens (including phenoxy) is 1. The van der Waals surface area contributed by atoms with Gasteiger partial charge >= 0.3 is 0 Å². The normalized spacial score (nSPS) is 18.6. The van der Waals surface area contributed by atoms with Crippen molar-refractivity contribution < 1.29 is 37.2 Å². The van der Waals surface area contributed by atoms with Gasteiger partial charge in [-0.15, -0.1) is 0 Å². The Morgan fingerprint density at radius 1 is 0.452 bits per heavy atom. The number of oxazole rings is 3. The fourth-order valence-corrected chi connectivity index (χ4v) is 10.0. The maximum atomic E-state index is 14.3. The number of hydrogen-bond acceptors (Lipinski definition) is 20. The van der Waals surface area contributed by atoms with Gasteiger partial charge in [0.1, 0.15) is 49.6 Å². The second-order valence-electron chi connectivity index (χ2n) is 20.9. The van der Waals surface area contributed by atoms with Crippen molar-refractivity contribution in [1.82, 2.24) is 66.0 Å². The summed E-state index contributed by atoms with van der Waals surface area (Å²) in [7, 11) is 0. The SMILES string of the molecule is NCCCC[C@H]1NC(=O)c2coc(n2)C(CCCCN(Cc2ccccn2)Cc2ccccn2)NC(=O)c2coc(n2)[C@@H](CCCCN)NC(=O)C2COC(=N2)[C@H](CCCCN(Cc2ccccn2)Cc2ccccn2)NC(=O)c2coc1n2. The molecule has 0 radical (unpaired) electrons. The van der Waals surface area contributed by atoms with E-state index in [0.29, 0.717) is 123 Å². The largest absolute Gasteiger partial charge is 0.477 e. The summed E-state index contributed by atoms with van der Waals surface area (Å²) in [5.74, 6) is -1.77. The molecule has 7 aromatic rings. The number of aromatic nitrogens is 7. The van der Waals surface area contributed by atoms with Crippen LogP contribution < -0.4 is 32.7 Å². The number of carbonyl (C=O) groups excluding carboxylic acids is 4. The summed E-state index contributed by atoms with van der Waals surface area (Å²) in [6.45, 7) is 4.50. The zero-order valence-corrected chi connectivity index (χ0v) is 47.1. The van der Waals surface area contributed by atoms with Crippen molar-refractivity contribution in [3.05, 3.63) is 174 Å². The maximum absolute atomic E-state index is 14.3. The zero-order valence-electron chi connectivity index (χ0n) is 47.1. The number of nitrogens with two attached hydrogens (primary N) is 2. The number of nitrogens with one attached hydrogen (secondary N) is 4. The van der Waals surface area contributed by atoms with Crippen LogP contribution in [0.3, 0.4) is 0 Å². The van der Waals surface area contributed by atoms with Gasteiger partial charge in [-0.05, 0) is 152 Å². The van der Waals surface area contributed by atoms with E-state index in [-0.39, 0.29) is 47.3 Å². The summed E-state index contributed by atoms with van der Waals surface area (Å²) in [5, 5.41) is 12.1. The molecule has 0 aromatic carbocycles. The van der Waals surface area contributed by atoms with Gasteiger partial charge in [0.25, 0.3) is 17.7 Å². The number of unbranched alkanes of at least 4 members (excludes halogenated alkanes) is 4. The smallest absolute Gasteiger partial charge is 0.273 e. The summed E-state index contributed by atoms with van der Waals surface area (Å²) in [6, 6.07) is 19.2. The average Bonchev–Trinajstić information content (AvgIpc) is 4.59. The van der Waals surface area contributed by atoms with Crippen LogP contribution in [0.15, 0.2) is 135 Å². The molecule has 24 nitrogen and oxygen atoms in total. The van der Waals surface area contributed by atoms with E-state index in [1.807, 2.05) is 72.8 Å². The molecule has 2 unspecified atom stereocenters. The standard InChI is InChI=1S/C60H74N16O8/c61-25-9-1-21-45-57-71-51(37-81-57)55(79)69-48(24-8-16-32-76(35-43-19-5-13-29-65-43)36-44-20-6-14-30-66-44)60-74-50(40-84-60)54(78)68-46(22-2-10-26-62)58-72-52(38-82-58)56(80)70-47(59-73-49(39-83-59)53(77)67-45)23-7-15-31-75(33-41-17-3-11-27-63-41)34-42-18-4-12-28-64-42/h3-6,11-14,17-20,27-30,37-39,45-48,50H,1-2,7-10,15-16,21-26,31-36,40,61-62H2,(H,67,77)(H,68,78)(H,69,79)(H,70,80)/t45-,46-,47?,48+,50?/m1/s1. The van der Waals surface area contributed by atoms with Crippen molar-refractivity contribution in [2.75, 3.05) is 32.8 Å². The Balaban J connectivity index is 0.960. The van der Waals surface area contributed by atoms with Crippen LogP contribution >= 0.6 is 0 Å². The summed E-state index contributed by atoms with van der Waals surface area (Å²) in [6.07, 6.45) is 17.5. The van der Waals surface area contributed by atoms with Gasteiger partial charge in [0.15, 0.2) is 23.1 Å². The van der Waals surface area contributed by atoms with Crippen molar-refractivity contribution in [3.63, 3.8) is 0 Å². The van der Waals surface area contributed by atoms with E-state index in [4.69, 9.17) is 34.4 Å². The minimum atomic E-state index is -0.994. The van der Waals surface area contributed by atoms with Crippen LogP contribution in [0.25, 0.3) is 0 Å². The number of pyridine rings is 4. The second-order valence-corrected chi connectivity index (χ2v) is 20.9. The molecule has 0 spiro atoms. The van der Waals surface area contributed by atoms with E-state index in [1.165, 1.54) is 18.8 Å². The molecule has 0 fully saturated rings. The molecular weight excluding hydrogens is 1070 g/mol. The lowest BCUT2D eigenvalue weighted by Gasteiger charge is -2.22. The van der Waals surface area contributed by atoms with Crippen molar-refractivity contribution >= 4 is 29.5 Å². The quantitative estimate of drug-likeness (QED) is 0.0327. The Bertz CT molecular complexity index is 3100. The highest BCUT2D eigenvalue weighted by Gasteiger charge is 2.35. The van der Waals surface area contributed by atoms with Gasteiger partial charge in [0.05, 0.1) is 22.8 Å². The lowest BCUT2D eigenvalue weighted by atomic mass is 10.1. The second kappa shape index (κ2) is 31.2. The molecule has 2 aliphatic heterocycles. The van der Waals surface area contributed by atoms with Gasteiger partial charge in [0, 0.05) is 51.0 Å². The molecule has 8 bridgehead atoms. The molecule has 8 N–H and O–H groups in total. The fraction of sp³-hybridized carbons (Fsp3) is 0.433. The maximum Gasteiger partial charge on any atom is 0.273 e. The van der Waals surface area contributed by atoms with E-state index in [2.05, 4.69) is 66.0 Å². The van der Waals surface area contributed by atoms with E-state index in [0.717, 1.165) is 29.2 Å². The summed E-state index contributed by atoms with van der Waals surface area (Å²) >= 11 is 0. The number of carbonyl (C=O) groups is 4. The van der Waals surface area contributed by atoms with Crippen molar-refractivity contribution in [1.29, 1.82) is 0 Å². The van der Waals surface area contributed by atoms with Crippen LogP contribution in [-0.4, -0.2) is 119 Å². The van der Waals surface area contributed by atoms with Gasteiger partial charge in [-0.2, -0.15) is 0 Å². The Kier molecular flexibility index (Phi) is 22.3. The van der Waals surface area contributed by atoms with E-state index in [9.17, 15) is 19.2 Å². The number of rotatable bonds is 26. The highest BCUT2D eigenvalue weighted by Crippen LogP contribution is 2.26. The third kappa shape index (κ3) is 17.7. The highest BCUT2D eigenvalue weighted by atomic mass is 16.5. The number of amides is 4. The lowest BCUT2D eigenvalue weighted by molar-refractivity contribution is -0.123. The highest BCUT2D eigenvalue weighted by molar-refractivity contribution is 5.97. The van der Waals surface area contributed by atoms with Gasteiger partial charge in [-0.1, -0.05) is 24.3 Å². The Morgan fingerprint density at radius 2 is 0.810 bits per heavy atom. The molecule has 7 aromatic heterocycles. The number of hydrogen-bond donors (Lipinski definition) is 6. The lowest BCUT2D eigenvalue weighted by Crippen LogP contribution is -2.41.